The highest BCUT2D eigenvalue weighted by molar-refractivity contribution is 7.97. The van der Waals surface area contributed by atoms with Gasteiger partial charge in [-0.15, -0.1) is 0 Å². The normalized spacial score (nSPS) is 14.9. The fourth-order valence-electron chi connectivity index (χ4n) is 1.90. The predicted octanol–water partition coefficient (Wildman–Crippen LogP) is 2.19. The van der Waals surface area contributed by atoms with Gasteiger partial charge in [-0.05, 0) is 0 Å². The zero-order valence-electron chi connectivity index (χ0n) is 17.4. The molecule has 8 nitrogen and oxygen atoms in total. The molecule has 0 saturated carbocycles. The number of sulfonamides is 1. The molecule has 0 heterocycles. The fraction of sp³-hybridized carbons (Fsp3) is 0.800. The fourth-order valence-corrected chi connectivity index (χ4v) is 5.28. The van der Waals surface area contributed by atoms with Crippen LogP contribution in [0.4, 0.5) is 30.7 Å². The van der Waals surface area contributed by atoms with E-state index in [9.17, 15) is 62.0 Å². The summed E-state index contributed by atoms with van der Waals surface area (Å²) in [7, 11) is -14.4. The lowest BCUT2D eigenvalue weighted by atomic mass is 9.81. The summed E-state index contributed by atoms with van der Waals surface area (Å²) in [6.07, 6.45) is -6.12. The molecule has 0 aromatic heterocycles. The molecule has 0 fully saturated rings. The van der Waals surface area contributed by atoms with Crippen LogP contribution < -0.4 is 4.72 Å². The summed E-state index contributed by atoms with van der Waals surface area (Å²) in [6, 6.07) is 0. The van der Waals surface area contributed by atoms with Gasteiger partial charge in [-0.25, -0.2) is 13.1 Å². The summed E-state index contributed by atoms with van der Waals surface area (Å²) in [5.41, 5.74) is -3.79. The summed E-state index contributed by atoms with van der Waals surface area (Å²) >= 11 is 0. The van der Waals surface area contributed by atoms with Gasteiger partial charge in [-0.3, -0.25) is 14.4 Å². The summed E-state index contributed by atoms with van der Waals surface area (Å²) in [4.78, 5) is 35.6. The number of ketones is 2. The number of hydrogen-bond donors (Lipinski definition) is 1. The van der Waals surface area contributed by atoms with Gasteiger partial charge < -0.3 is 0 Å². The van der Waals surface area contributed by atoms with Gasteiger partial charge in [-0.2, -0.15) is 39.2 Å². The summed E-state index contributed by atoms with van der Waals surface area (Å²) in [6.45, 7) is 5.69. The lowest BCUT2D eigenvalue weighted by Crippen LogP contribution is -2.62. The first-order chi connectivity index (χ1) is 13.6. The maximum Gasteiger partial charge on any atom is 0.472 e. The van der Waals surface area contributed by atoms with Gasteiger partial charge in [0.1, 0.15) is 0 Å². The number of amides is 1. The molecule has 0 unspecified atom stereocenters. The van der Waals surface area contributed by atoms with E-state index in [1.165, 1.54) is 0 Å². The molecule has 0 aromatic carbocycles. The Balaban J connectivity index is 6.92. The Kier molecular flexibility index (Phi) is 7.76. The van der Waals surface area contributed by atoms with Crippen molar-refractivity contribution in [3.05, 3.63) is 0 Å². The molecule has 0 rings (SSSR count). The van der Waals surface area contributed by atoms with E-state index in [0.717, 1.165) is 41.5 Å². The van der Waals surface area contributed by atoms with Gasteiger partial charge in [0, 0.05) is 10.8 Å². The van der Waals surface area contributed by atoms with Crippen molar-refractivity contribution in [2.24, 2.45) is 10.8 Å². The van der Waals surface area contributed by atoms with Crippen molar-refractivity contribution in [2.45, 2.75) is 63.5 Å². The lowest BCUT2D eigenvalue weighted by molar-refractivity contribution is -0.171. The van der Waals surface area contributed by atoms with Crippen molar-refractivity contribution in [1.29, 1.82) is 0 Å². The Morgan fingerprint density at radius 1 is 0.656 bits per heavy atom. The number of carbonyl (C=O) groups excluding carboxylic acids is 3. The van der Waals surface area contributed by atoms with Crippen molar-refractivity contribution in [1.82, 2.24) is 4.72 Å². The first kappa shape index (κ1) is 30.2. The zero-order valence-corrected chi connectivity index (χ0v) is 19.0. The van der Waals surface area contributed by atoms with Gasteiger partial charge in [0.15, 0.2) is 16.8 Å². The Labute approximate surface area is 178 Å². The Bertz CT molecular complexity index is 976. The number of sulfone groups is 1. The Morgan fingerprint density at radius 2 is 0.969 bits per heavy atom. The molecule has 0 aliphatic heterocycles. The highest BCUT2D eigenvalue weighted by Gasteiger charge is 2.76. The number of carbonyl (C=O) groups is 3. The minimum absolute atomic E-state index is 0.383. The van der Waals surface area contributed by atoms with E-state index in [-0.39, 0.29) is 4.72 Å². The van der Waals surface area contributed by atoms with Crippen LogP contribution in [0.2, 0.25) is 0 Å². The molecule has 0 saturated heterocycles. The number of alkyl halides is 7. The molecular weight excluding hydrogens is 503 g/mol. The monoisotopic (exact) mass is 523 g/mol. The predicted molar refractivity (Wildman–Crippen MR) is 94.6 cm³/mol. The molecule has 0 aliphatic rings. The van der Waals surface area contributed by atoms with Crippen LogP contribution in [0.15, 0.2) is 0 Å². The maximum absolute atomic E-state index is 14.5. The van der Waals surface area contributed by atoms with Gasteiger partial charge in [0.25, 0.3) is 0 Å². The quantitative estimate of drug-likeness (QED) is 0.400. The molecule has 0 aromatic rings. The van der Waals surface area contributed by atoms with E-state index in [4.69, 9.17) is 0 Å². The minimum Gasteiger partial charge on any atom is -0.297 e. The topological polar surface area (TPSA) is 132 Å². The average Bonchev–Trinajstić information content (AvgIpc) is 2.50. The van der Waals surface area contributed by atoms with Crippen molar-refractivity contribution in [3.8, 4) is 0 Å². The van der Waals surface area contributed by atoms with E-state index in [2.05, 4.69) is 0 Å². The van der Waals surface area contributed by atoms with Crippen LogP contribution in [0.3, 0.4) is 0 Å². The minimum atomic E-state index is -7.34. The van der Waals surface area contributed by atoms with Crippen LogP contribution in [0.5, 0.6) is 0 Å². The third kappa shape index (κ3) is 5.40. The maximum atomic E-state index is 14.5. The lowest BCUT2D eigenvalue weighted by Gasteiger charge is -2.33. The smallest absolute Gasteiger partial charge is 0.297 e. The molecule has 0 bridgehead atoms. The second kappa shape index (κ2) is 8.22. The van der Waals surface area contributed by atoms with Crippen LogP contribution in [0.25, 0.3) is 0 Å². The summed E-state index contributed by atoms with van der Waals surface area (Å²) in [5.74, 6) is -7.22. The first-order valence-electron chi connectivity index (χ1n) is 8.28. The first-order valence-corrected chi connectivity index (χ1v) is 11.3. The molecule has 1 amide bonds. The van der Waals surface area contributed by atoms with Gasteiger partial charge in [0.05, 0.1) is 0 Å². The van der Waals surface area contributed by atoms with Gasteiger partial charge in [-0.1, -0.05) is 41.5 Å². The zero-order chi connectivity index (χ0) is 26.5. The van der Waals surface area contributed by atoms with Crippen LogP contribution >= 0.6 is 0 Å². The SMILES string of the molecule is CC(C)(C)C(=O)C(C(=O)C(C)(C)C)S(=O)(=O)C(F)(F)C(F)(F)S(=O)(=O)NC(=O)C(F)(F)F. The number of rotatable bonds is 7. The third-order valence-electron chi connectivity index (χ3n) is 3.78. The number of hydrogen-bond acceptors (Lipinski definition) is 7. The van der Waals surface area contributed by atoms with E-state index >= 15 is 0 Å². The van der Waals surface area contributed by atoms with Crippen molar-refractivity contribution in [3.63, 3.8) is 0 Å². The van der Waals surface area contributed by atoms with Gasteiger partial charge >= 0.3 is 32.6 Å². The van der Waals surface area contributed by atoms with Crippen molar-refractivity contribution < 1.29 is 62.0 Å². The van der Waals surface area contributed by atoms with E-state index in [1.807, 2.05) is 0 Å². The largest absolute Gasteiger partial charge is 0.472 e. The van der Waals surface area contributed by atoms with E-state index in [1.54, 1.807) is 0 Å². The highest BCUT2D eigenvalue weighted by atomic mass is 32.2. The van der Waals surface area contributed by atoms with Crippen molar-refractivity contribution >= 4 is 37.3 Å². The molecule has 0 aliphatic carbocycles. The summed E-state index contributed by atoms with van der Waals surface area (Å²) in [5, 5.41) is -17.2. The summed E-state index contributed by atoms with van der Waals surface area (Å²) < 4.78 is 141. The van der Waals surface area contributed by atoms with Crippen LogP contribution in [-0.4, -0.2) is 56.2 Å². The molecule has 17 heteroatoms. The average molecular weight is 523 g/mol. The number of Topliss-reactive ketones (excluding diaryl/α,β-unsaturated/α-hetero) is 2. The molecule has 0 spiro atoms. The number of halogens is 7. The van der Waals surface area contributed by atoms with Crippen LogP contribution in [0.1, 0.15) is 41.5 Å². The van der Waals surface area contributed by atoms with E-state index in [0.29, 0.717) is 0 Å². The Hall–Kier alpha value is -1.78. The van der Waals surface area contributed by atoms with Crippen molar-refractivity contribution in [2.75, 3.05) is 0 Å². The second-order valence-electron chi connectivity index (χ2n) is 8.62. The van der Waals surface area contributed by atoms with Gasteiger partial charge in [0.2, 0.25) is 9.84 Å². The standard InChI is InChI=1S/C15H20F7NO7S2/c1-11(2,3)8(24)7(9(25)12(4,5)6)31(27,28)14(19,20)15(21,22)32(29,30)23-10(26)13(16,17)18/h7H,1-6H3,(H,23,26). The second-order valence-corrected chi connectivity index (χ2v) is 12.4. The molecular formula is C15H20F7NO7S2. The highest BCUT2D eigenvalue weighted by Crippen LogP contribution is 2.46. The molecule has 1 N–H and O–H groups in total. The third-order valence-corrected chi connectivity index (χ3v) is 7.32. The Morgan fingerprint density at radius 3 is 1.22 bits per heavy atom. The molecule has 188 valence electrons. The van der Waals surface area contributed by atoms with Crippen LogP contribution in [-0.2, 0) is 34.2 Å². The molecule has 0 atom stereocenters. The number of nitrogens with one attached hydrogen (secondary N) is 1. The van der Waals surface area contributed by atoms with Crippen LogP contribution in [0, 0.1) is 10.8 Å². The van der Waals surface area contributed by atoms with E-state index < -0.39 is 70.1 Å². The molecule has 32 heavy (non-hydrogen) atoms. The molecule has 0 radical (unpaired) electrons.